The topological polar surface area (TPSA) is 77.2 Å². The molecule has 5 rings (SSSR count). The van der Waals surface area contributed by atoms with E-state index in [2.05, 4.69) is 37.6 Å². The van der Waals surface area contributed by atoms with Gasteiger partial charge >= 0.3 is 5.97 Å². The van der Waals surface area contributed by atoms with E-state index in [9.17, 15) is 9.90 Å². The van der Waals surface area contributed by atoms with Crippen LogP contribution in [0.2, 0.25) is 0 Å². The Balaban J connectivity index is 0.00000190. The molecular formula is C28H32BrN3O3S2. The zero-order valence-corrected chi connectivity index (χ0v) is 24.2. The van der Waals surface area contributed by atoms with Gasteiger partial charge < -0.3 is 14.4 Å². The van der Waals surface area contributed by atoms with E-state index in [4.69, 9.17) is 9.72 Å². The van der Waals surface area contributed by atoms with E-state index in [1.54, 1.807) is 0 Å². The van der Waals surface area contributed by atoms with Gasteiger partial charge in [-0.25, -0.2) is 4.98 Å². The number of pyridine rings is 1. The van der Waals surface area contributed by atoms with Crippen LogP contribution < -0.4 is 4.74 Å². The number of benzene rings is 2. The van der Waals surface area contributed by atoms with Crippen molar-refractivity contribution in [2.75, 3.05) is 0 Å². The standard InChI is InChI=1S/C28H28BrN3O3.2H2S/c1-18-6-11-21(30-15-18)17-35-22-12-13-25-26(14-22)32(16-19-7-9-20(29)10-8-19)27(31-25)23-4-2-3-5-24(23)28(33)34;;/h6-15,23-24H,2-5,16-17H2,1H3,(H,33,34);2*1H2/t23?,24-;;/m0../s1. The lowest BCUT2D eigenvalue weighted by Crippen LogP contribution is -2.27. The fourth-order valence-electron chi connectivity index (χ4n) is 4.91. The summed E-state index contributed by atoms with van der Waals surface area (Å²) in [5, 5.41) is 9.93. The number of ether oxygens (including phenoxy) is 1. The number of fused-ring (bicyclic) bond motifs is 1. The van der Waals surface area contributed by atoms with E-state index < -0.39 is 11.9 Å². The van der Waals surface area contributed by atoms with Gasteiger partial charge in [-0.05, 0) is 61.2 Å². The molecule has 37 heavy (non-hydrogen) atoms. The van der Waals surface area contributed by atoms with Crippen LogP contribution in [0.5, 0.6) is 5.75 Å². The van der Waals surface area contributed by atoms with Crippen molar-refractivity contribution >= 4 is 59.9 Å². The number of carbonyl (C=O) groups is 1. The van der Waals surface area contributed by atoms with Crippen molar-refractivity contribution in [2.45, 2.75) is 51.7 Å². The van der Waals surface area contributed by atoms with Gasteiger partial charge in [0.1, 0.15) is 18.2 Å². The first-order chi connectivity index (χ1) is 17.0. The molecule has 9 heteroatoms. The highest BCUT2D eigenvalue weighted by Crippen LogP contribution is 2.39. The minimum absolute atomic E-state index is 0. The largest absolute Gasteiger partial charge is 0.487 e. The fourth-order valence-corrected chi connectivity index (χ4v) is 5.17. The molecule has 6 nitrogen and oxygen atoms in total. The summed E-state index contributed by atoms with van der Waals surface area (Å²) < 4.78 is 9.28. The Morgan fingerprint density at radius 2 is 1.84 bits per heavy atom. The first-order valence-corrected chi connectivity index (χ1v) is 12.8. The lowest BCUT2D eigenvalue weighted by Gasteiger charge is -2.28. The van der Waals surface area contributed by atoms with Crippen molar-refractivity contribution in [1.29, 1.82) is 0 Å². The molecular weight excluding hydrogens is 570 g/mol. The van der Waals surface area contributed by atoms with Gasteiger partial charge in [0.25, 0.3) is 0 Å². The third-order valence-electron chi connectivity index (χ3n) is 6.78. The molecule has 0 radical (unpaired) electrons. The lowest BCUT2D eigenvalue weighted by molar-refractivity contribution is -0.143. The molecule has 196 valence electrons. The summed E-state index contributed by atoms with van der Waals surface area (Å²) in [7, 11) is 0. The Kier molecular flexibility index (Phi) is 10.1. The van der Waals surface area contributed by atoms with E-state index in [0.29, 0.717) is 19.6 Å². The van der Waals surface area contributed by atoms with Gasteiger partial charge in [0.05, 0.1) is 22.6 Å². The summed E-state index contributed by atoms with van der Waals surface area (Å²) in [6.45, 7) is 3.01. The van der Waals surface area contributed by atoms with Gasteiger partial charge in [-0.1, -0.05) is 47.0 Å². The molecule has 2 atom stereocenters. The Morgan fingerprint density at radius 1 is 1.08 bits per heavy atom. The van der Waals surface area contributed by atoms with E-state index in [1.807, 2.05) is 55.6 Å². The normalized spacial score (nSPS) is 17.0. The highest BCUT2D eigenvalue weighted by Gasteiger charge is 2.35. The van der Waals surface area contributed by atoms with Crippen molar-refractivity contribution in [3.63, 3.8) is 0 Å². The average molecular weight is 603 g/mol. The molecule has 1 aliphatic carbocycles. The molecule has 2 aromatic carbocycles. The first kappa shape index (κ1) is 29.1. The zero-order chi connectivity index (χ0) is 24.4. The fraction of sp³-hybridized carbons (Fsp3) is 0.321. The smallest absolute Gasteiger partial charge is 0.307 e. The van der Waals surface area contributed by atoms with Gasteiger partial charge in [0.2, 0.25) is 0 Å². The predicted molar refractivity (Wildman–Crippen MR) is 159 cm³/mol. The number of imidazole rings is 1. The summed E-state index contributed by atoms with van der Waals surface area (Å²) in [6, 6.07) is 18.1. The van der Waals surface area contributed by atoms with Crippen LogP contribution in [0, 0.1) is 12.8 Å². The molecule has 0 spiro atoms. The minimum Gasteiger partial charge on any atom is -0.487 e. The van der Waals surface area contributed by atoms with Crippen LogP contribution in [0.3, 0.4) is 0 Å². The van der Waals surface area contributed by atoms with Crippen LogP contribution in [-0.2, 0) is 17.9 Å². The molecule has 1 saturated carbocycles. The van der Waals surface area contributed by atoms with Crippen molar-refractivity contribution in [3.05, 3.63) is 87.9 Å². The molecule has 4 aromatic rings. The maximum Gasteiger partial charge on any atom is 0.307 e. The predicted octanol–water partition coefficient (Wildman–Crippen LogP) is 6.71. The Hall–Kier alpha value is -2.49. The number of carboxylic acids is 1. The van der Waals surface area contributed by atoms with Crippen molar-refractivity contribution < 1.29 is 14.6 Å². The molecule has 0 aliphatic heterocycles. The number of aromatic nitrogens is 3. The van der Waals surface area contributed by atoms with Crippen molar-refractivity contribution in [3.8, 4) is 5.75 Å². The number of carboxylic acid groups (broad SMARTS) is 1. The van der Waals surface area contributed by atoms with Gasteiger partial charge in [0, 0.05) is 29.2 Å². The monoisotopic (exact) mass is 601 g/mol. The van der Waals surface area contributed by atoms with E-state index >= 15 is 0 Å². The van der Waals surface area contributed by atoms with E-state index in [1.165, 1.54) is 0 Å². The molecule has 2 aromatic heterocycles. The summed E-state index contributed by atoms with van der Waals surface area (Å²) in [5.41, 5.74) is 4.92. The Morgan fingerprint density at radius 3 is 2.54 bits per heavy atom. The van der Waals surface area contributed by atoms with Crippen LogP contribution in [-0.4, -0.2) is 25.6 Å². The molecule has 1 aliphatic rings. The third kappa shape index (κ3) is 6.69. The SMILES string of the molecule is Cc1ccc(COc2ccc3nc(C4CCCC[C@@H]4C(=O)O)n(Cc4ccc(Br)cc4)c3c2)nc1.S.S. The molecule has 0 bridgehead atoms. The highest BCUT2D eigenvalue weighted by molar-refractivity contribution is 9.10. The van der Waals surface area contributed by atoms with Gasteiger partial charge in [-0.2, -0.15) is 27.0 Å². The molecule has 1 unspecified atom stereocenters. The second kappa shape index (κ2) is 12.8. The Bertz CT molecular complexity index is 1340. The van der Waals surface area contributed by atoms with Crippen molar-refractivity contribution in [2.24, 2.45) is 5.92 Å². The second-order valence-electron chi connectivity index (χ2n) is 9.28. The highest BCUT2D eigenvalue weighted by atomic mass is 79.9. The zero-order valence-electron chi connectivity index (χ0n) is 20.7. The van der Waals surface area contributed by atoms with Crippen LogP contribution in [0.1, 0.15) is 54.2 Å². The van der Waals surface area contributed by atoms with Crippen LogP contribution in [0.4, 0.5) is 0 Å². The molecule has 2 heterocycles. The molecule has 1 N–H and O–H groups in total. The Labute approximate surface area is 239 Å². The average Bonchev–Trinajstić information content (AvgIpc) is 3.22. The number of aliphatic carboxylic acids is 1. The maximum absolute atomic E-state index is 12.1. The van der Waals surface area contributed by atoms with Gasteiger partial charge in [0.15, 0.2) is 0 Å². The quantitative estimate of drug-likeness (QED) is 0.254. The summed E-state index contributed by atoms with van der Waals surface area (Å²) >= 11 is 3.51. The molecule has 1 fully saturated rings. The number of nitrogens with zero attached hydrogens (tertiary/aromatic N) is 3. The van der Waals surface area contributed by atoms with Crippen LogP contribution in [0.25, 0.3) is 11.0 Å². The van der Waals surface area contributed by atoms with Crippen LogP contribution in [0.15, 0.2) is 65.3 Å². The van der Waals surface area contributed by atoms with Crippen molar-refractivity contribution in [1.82, 2.24) is 14.5 Å². The van der Waals surface area contributed by atoms with E-state index in [0.717, 1.165) is 63.2 Å². The number of aryl methyl sites for hydroxylation is 1. The minimum atomic E-state index is -0.730. The second-order valence-corrected chi connectivity index (χ2v) is 10.2. The summed E-state index contributed by atoms with van der Waals surface area (Å²) in [5.74, 6) is 0.346. The number of rotatable bonds is 7. The number of hydrogen-bond acceptors (Lipinski definition) is 4. The van der Waals surface area contributed by atoms with Gasteiger partial charge in [-0.3, -0.25) is 9.78 Å². The van der Waals surface area contributed by atoms with Crippen LogP contribution >= 0.6 is 42.9 Å². The molecule has 0 amide bonds. The van der Waals surface area contributed by atoms with E-state index in [-0.39, 0.29) is 32.9 Å². The number of hydrogen-bond donors (Lipinski definition) is 1. The number of halogens is 1. The summed E-state index contributed by atoms with van der Waals surface area (Å²) in [6.07, 6.45) is 5.34. The molecule has 0 saturated heterocycles. The van der Waals surface area contributed by atoms with Gasteiger partial charge in [-0.15, -0.1) is 0 Å². The lowest BCUT2D eigenvalue weighted by atomic mass is 9.78. The third-order valence-corrected chi connectivity index (χ3v) is 7.31. The summed E-state index contributed by atoms with van der Waals surface area (Å²) in [4.78, 5) is 21.5. The first-order valence-electron chi connectivity index (χ1n) is 12.0. The maximum atomic E-state index is 12.1.